The van der Waals surface area contributed by atoms with Crippen LogP contribution in [0.4, 0.5) is 18.9 Å². The van der Waals surface area contributed by atoms with E-state index in [2.05, 4.69) is 5.32 Å². The van der Waals surface area contributed by atoms with Gasteiger partial charge in [0.15, 0.2) is 0 Å². The van der Waals surface area contributed by atoms with Crippen LogP contribution in [0.3, 0.4) is 0 Å². The van der Waals surface area contributed by atoms with Crippen molar-refractivity contribution in [3.05, 3.63) is 28.8 Å². The standard InChI is InChI=1S/C16H20ClF3N2O3/c1-11(23)22(8-6-15(24)21-7-3-9-25-2)14-5-4-12(17)10-13(14)16(18,19)20/h4-5,10H,3,6-9H2,1-2H3,(H,21,24). The van der Waals surface area contributed by atoms with Gasteiger partial charge in [-0.1, -0.05) is 11.6 Å². The highest BCUT2D eigenvalue weighted by Crippen LogP contribution is 2.38. The van der Waals surface area contributed by atoms with Crippen molar-refractivity contribution in [1.29, 1.82) is 0 Å². The van der Waals surface area contributed by atoms with Gasteiger partial charge in [-0.3, -0.25) is 9.59 Å². The molecule has 25 heavy (non-hydrogen) atoms. The maximum Gasteiger partial charge on any atom is 0.418 e. The summed E-state index contributed by atoms with van der Waals surface area (Å²) in [5.41, 5.74) is -1.34. The van der Waals surface area contributed by atoms with Gasteiger partial charge in [0, 0.05) is 45.2 Å². The second kappa shape index (κ2) is 9.62. The Kier molecular flexibility index (Phi) is 8.18. The summed E-state index contributed by atoms with van der Waals surface area (Å²) in [7, 11) is 1.54. The predicted octanol–water partition coefficient (Wildman–Crippen LogP) is 3.25. The molecule has 0 aliphatic heterocycles. The molecule has 140 valence electrons. The lowest BCUT2D eigenvalue weighted by Crippen LogP contribution is -2.35. The number of nitrogens with one attached hydrogen (secondary N) is 1. The molecule has 0 aliphatic rings. The lowest BCUT2D eigenvalue weighted by Gasteiger charge is -2.25. The first-order valence-electron chi connectivity index (χ1n) is 7.57. The fourth-order valence-electron chi connectivity index (χ4n) is 2.16. The van der Waals surface area contributed by atoms with Crippen molar-refractivity contribution < 1.29 is 27.5 Å². The number of rotatable bonds is 8. The molecule has 0 unspecified atom stereocenters. The van der Waals surface area contributed by atoms with E-state index in [9.17, 15) is 22.8 Å². The second-order valence-corrected chi connectivity index (χ2v) is 5.71. The molecule has 0 fully saturated rings. The summed E-state index contributed by atoms with van der Waals surface area (Å²) in [6, 6.07) is 3.16. The van der Waals surface area contributed by atoms with Crippen LogP contribution in [-0.4, -0.2) is 38.6 Å². The number of hydrogen-bond donors (Lipinski definition) is 1. The fraction of sp³-hybridized carbons (Fsp3) is 0.500. The smallest absolute Gasteiger partial charge is 0.385 e. The van der Waals surface area contributed by atoms with Crippen LogP contribution in [0.5, 0.6) is 0 Å². The Bertz CT molecular complexity index is 609. The number of halogens is 4. The number of alkyl halides is 3. The van der Waals surface area contributed by atoms with E-state index in [4.69, 9.17) is 16.3 Å². The first-order valence-corrected chi connectivity index (χ1v) is 7.95. The van der Waals surface area contributed by atoms with Crippen LogP contribution in [0.2, 0.25) is 5.02 Å². The van der Waals surface area contributed by atoms with Crippen LogP contribution in [0.1, 0.15) is 25.3 Å². The quantitative estimate of drug-likeness (QED) is 0.704. The van der Waals surface area contributed by atoms with Crippen LogP contribution in [0, 0.1) is 0 Å². The first-order chi connectivity index (χ1) is 11.7. The molecule has 0 aliphatic carbocycles. The highest BCUT2D eigenvalue weighted by molar-refractivity contribution is 6.30. The summed E-state index contributed by atoms with van der Waals surface area (Å²) < 4.78 is 44.5. The summed E-state index contributed by atoms with van der Waals surface area (Å²) >= 11 is 5.64. The average Bonchev–Trinajstić information content (AvgIpc) is 2.51. The molecule has 0 atom stereocenters. The molecule has 5 nitrogen and oxygen atoms in total. The molecule has 0 spiro atoms. The zero-order chi connectivity index (χ0) is 19.0. The van der Waals surface area contributed by atoms with E-state index in [1.807, 2.05) is 0 Å². The minimum atomic E-state index is -4.67. The van der Waals surface area contributed by atoms with E-state index >= 15 is 0 Å². The predicted molar refractivity (Wildman–Crippen MR) is 88.6 cm³/mol. The molecule has 1 aromatic rings. The van der Waals surface area contributed by atoms with Crippen molar-refractivity contribution in [2.45, 2.75) is 25.9 Å². The van der Waals surface area contributed by atoms with Crippen LogP contribution in [0.25, 0.3) is 0 Å². The Labute approximate surface area is 149 Å². The van der Waals surface area contributed by atoms with Gasteiger partial charge in [-0.25, -0.2) is 0 Å². The molecule has 0 aromatic heterocycles. The third-order valence-corrected chi connectivity index (χ3v) is 3.58. The van der Waals surface area contributed by atoms with Crippen LogP contribution < -0.4 is 10.2 Å². The van der Waals surface area contributed by atoms with Crippen molar-refractivity contribution >= 4 is 29.1 Å². The summed E-state index contributed by atoms with van der Waals surface area (Å²) in [5, 5.41) is 2.53. The number of ether oxygens (including phenoxy) is 1. The maximum atomic E-state index is 13.2. The molecule has 2 amide bonds. The molecule has 0 radical (unpaired) electrons. The number of carbonyl (C=O) groups excluding carboxylic acids is 2. The molecule has 9 heteroatoms. The maximum absolute atomic E-state index is 13.2. The monoisotopic (exact) mass is 380 g/mol. The minimum Gasteiger partial charge on any atom is -0.385 e. The van der Waals surface area contributed by atoms with Crippen LogP contribution in [-0.2, 0) is 20.5 Å². The number of amides is 2. The van der Waals surface area contributed by atoms with Gasteiger partial charge in [-0.15, -0.1) is 0 Å². The van der Waals surface area contributed by atoms with Gasteiger partial charge in [0.05, 0.1) is 11.3 Å². The highest BCUT2D eigenvalue weighted by Gasteiger charge is 2.36. The number of methoxy groups -OCH3 is 1. The number of benzene rings is 1. The Hall–Kier alpha value is -1.80. The molecule has 0 saturated carbocycles. The topological polar surface area (TPSA) is 58.6 Å². The van der Waals surface area contributed by atoms with Crippen LogP contribution in [0.15, 0.2) is 18.2 Å². The van der Waals surface area contributed by atoms with Crippen LogP contribution >= 0.6 is 11.6 Å². The van der Waals surface area contributed by atoms with E-state index in [0.29, 0.717) is 19.6 Å². The van der Waals surface area contributed by atoms with Crippen molar-refractivity contribution in [2.24, 2.45) is 0 Å². The molecule has 0 bridgehead atoms. The summed E-state index contributed by atoms with van der Waals surface area (Å²) in [6.07, 6.45) is -4.17. The second-order valence-electron chi connectivity index (χ2n) is 5.28. The van der Waals surface area contributed by atoms with Gasteiger partial charge < -0.3 is 15.0 Å². The van der Waals surface area contributed by atoms with E-state index in [-0.39, 0.29) is 29.6 Å². The first kappa shape index (κ1) is 21.2. The van der Waals surface area contributed by atoms with E-state index in [1.165, 1.54) is 13.2 Å². The SMILES string of the molecule is COCCCNC(=O)CCN(C(C)=O)c1ccc(Cl)cc1C(F)(F)F. The molecule has 1 N–H and O–H groups in total. The summed E-state index contributed by atoms with van der Waals surface area (Å²) in [6.45, 7) is 1.85. The van der Waals surface area contributed by atoms with Crippen molar-refractivity contribution in [2.75, 3.05) is 31.7 Å². The van der Waals surface area contributed by atoms with Gasteiger partial charge >= 0.3 is 6.18 Å². The van der Waals surface area contributed by atoms with Gasteiger partial charge in [0.2, 0.25) is 11.8 Å². The number of anilines is 1. The Morgan fingerprint density at radius 2 is 2.00 bits per heavy atom. The van der Waals surface area contributed by atoms with Gasteiger partial charge in [-0.05, 0) is 24.6 Å². The number of hydrogen-bond acceptors (Lipinski definition) is 3. The molecular weight excluding hydrogens is 361 g/mol. The molecule has 0 heterocycles. The fourth-order valence-corrected chi connectivity index (χ4v) is 2.34. The average molecular weight is 381 g/mol. The van der Waals surface area contributed by atoms with Gasteiger partial charge in [0.1, 0.15) is 0 Å². The summed E-state index contributed by atoms with van der Waals surface area (Å²) in [4.78, 5) is 24.5. The number of nitrogens with zero attached hydrogens (tertiary/aromatic N) is 1. The Balaban J connectivity index is 2.85. The minimum absolute atomic E-state index is 0.0875. The third-order valence-electron chi connectivity index (χ3n) is 3.34. The third kappa shape index (κ3) is 6.91. The normalized spacial score (nSPS) is 11.3. The lowest BCUT2D eigenvalue weighted by atomic mass is 10.1. The molecule has 0 saturated heterocycles. The molecule has 1 aromatic carbocycles. The van der Waals surface area contributed by atoms with Crippen molar-refractivity contribution in [1.82, 2.24) is 5.32 Å². The summed E-state index contributed by atoms with van der Waals surface area (Å²) in [5.74, 6) is -0.954. The van der Waals surface area contributed by atoms with Gasteiger partial charge in [-0.2, -0.15) is 13.2 Å². The van der Waals surface area contributed by atoms with Crippen molar-refractivity contribution in [3.63, 3.8) is 0 Å². The molecule has 1 rings (SSSR count). The Morgan fingerprint density at radius 1 is 1.32 bits per heavy atom. The lowest BCUT2D eigenvalue weighted by molar-refractivity contribution is -0.137. The van der Waals surface area contributed by atoms with E-state index in [1.54, 1.807) is 0 Å². The molecular formula is C16H20ClF3N2O3. The highest BCUT2D eigenvalue weighted by atomic mass is 35.5. The largest absolute Gasteiger partial charge is 0.418 e. The zero-order valence-electron chi connectivity index (χ0n) is 14.0. The van der Waals surface area contributed by atoms with Crippen molar-refractivity contribution in [3.8, 4) is 0 Å². The number of carbonyl (C=O) groups is 2. The van der Waals surface area contributed by atoms with Gasteiger partial charge in [0.25, 0.3) is 0 Å². The van der Waals surface area contributed by atoms with E-state index < -0.39 is 17.6 Å². The van der Waals surface area contributed by atoms with E-state index in [0.717, 1.165) is 24.0 Å². The zero-order valence-corrected chi connectivity index (χ0v) is 14.7. The Morgan fingerprint density at radius 3 is 2.56 bits per heavy atom.